The van der Waals surface area contributed by atoms with Crippen LogP contribution >= 0.6 is 24.8 Å². The smallest absolute Gasteiger partial charge is 0.262 e. The first-order valence-corrected chi connectivity index (χ1v) is 10.2. The van der Waals surface area contributed by atoms with Gasteiger partial charge in [0.25, 0.3) is 5.56 Å². The van der Waals surface area contributed by atoms with Gasteiger partial charge in [-0.1, -0.05) is 30.3 Å². The van der Waals surface area contributed by atoms with E-state index in [1.807, 2.05) is 36.4 Å². The molecule has 2 aromatic carbocycles. The van der Waals surface area contributed by atoms with Crippen LogP contribution < -0.4 is 10.5 Å². The van der Waals surface area contributed by atoms with Gasteiger partial charge in [-0.2, -0.15) is 0 Å². The largest absolute Gasteiger partial charge is 0.367 e. The van der Waals surface area contributed by atoms with E-state index in [-0.39, 0.29) is 36.2 Å². The fourth-order valence-electron chi connectivity index (χ4n) is 4.09. The third-order valence-corrected chi connectivity index (χ3v) is 5.79. The molecule has 0 spiro atoms. The average Bonchev–Trinajstić information content (AvgIpc) is 2.79. The number of rotatable bonds is 4. The normalized spacial score (nSPS) is 14.2. The maximum Gasteiger partial charge on any atom is 0.262 e. The van der Waals surface area contributed by atoms with Gasteiger partial charge in [-0.25, -0.2) is 9.37 Å². The van der Waals surface area contributed by atoms with E-state index >= 15 is 0 Å². The van der Waals surface area contributed by atoms with Gasteiger partial charge in [-0.15, -0.1) is 24.8 Å². The average molecular weight is 476 g/mol. The minimum Gasteiger partial charge on any atom is -0.367 e. The van der Waals surface area contributed by atoms with Crippen LogP contribution in [0.2, 0.25) is 0 Å². The van der Waals surface area contributed by atoms with Gasteiger partial charge < -0.3 is 4.90 Å². The number of fused-ring (bicyclic) bond motifs is 3. The minimum atomic E-state index is -0.180. The molecule has 0 unspecified atom stereocenters. The highest BCUT2D eigenvalue weighted by Gasteiger charge is 2.19. The third kappa shape index (κ3) is 4.55. The highest BCUT2D eigenvalue weighted by atomic mass is 35.5. The maximum atomic E-state index is 14.0. The van der Waals surface area contributed by atoms with Crippen LogP contribution in [0.5, 0.6) is 0 Å². The van der Waals surface area contributed by atoms with Crippen LogP contribution in [-0.4, -0.2) is 52.2 Å². The van der Waals surface area contributed by atoms with E-state index in [1.165, 1.54) is 6.07 Å². The molecule has 168 valence electrons. The van der Waals surface area contributed by atoms with Gasteiger partial charge in [-0.3, -0.25) is 19.2 Å². The van der Waals surface area contributed by atoms with Crippen LogP contribution in [0.3, 0.4) is 0 Å². The lowest BCUT2D eigenvalue weighted by molar-refractivity contribution is 0.246. The molecule has 1 fully saturated rings. The highest BCUT2D eigenvalue weighted by Crippen LogP contribution is 2.20. The van der Waals surface area contributed by atoms with Crippen molar-refractivity contribution in [3.63, 3.8) is 0 Å². The van der Waals surface area contributed by atoms with Crippen LogP contribution in [0.1, 0.15) is 0 Å². The number of piperazine rings is 1. The molecule has 0 radical (unpaired) electrons. The molecule has 1 saturated heterocycles. The monoisotopic (exact) mass is 475 g/mol. The third-order valence-electron chi connectivity index (χ3n) is 5.79. The zero-order chi connectivity index (χ0) is 20.5. The Morgan fingerprint density at radius 1 is 0.844 bits per heavy atom. The summed E-state index contributed by atoms with van der Waals surface area (Å²) in [5, 5.41) is 1.43. The van der Waals surface area contributed by atoms with Gasteiger partial charge in [-0.05, 0) is 18.2 Å². The van der Waals surface area contributed by atoms with Crippen molar-refractivity contribution in [3.8, 4) is 0 Å². The van der Waals surface area contributed by atoms with E-state index in [9.17, 15) is 9.18 Å². The lowest BCUT2D eigenvalue weighted by Gasteiger charge is -2.36. The van der Waals surface area contributed by atoms with E-state index in [4.69, 9.17) is 0 Å². The van der Waals surface area contributed by atoms with Crippen molar-refractivity contribution in [1.29, 1.82) is 0 Å². The number of pyridine rings is 1. The molecular formula is C23H24Cl2FN5O. The summed E-state index contributed by atoms with van der Waals surface area (Å²) in [5.41, 5.74) is 2.12. The molecule has 9 heteroatoms. The van der Waals surface area contributed by atoms with Gasteiger partial charge in [0.05, 0.1) is 28.4 Å². The lowest BCUT2D eigenvalue weighted by atomic mass is 10.1. The molecule has 0 atom stereocenters. The number of hydrogen-bond donors (Lipinski definition) is 0. The van der Waals surface area contributed by atoms with Crippen molar-refractivity contribution >= 4 is 52.3 Å². The number of benzene rings is 2. The molecule has 32 heavy (non-hydrogen) atoms. The van der Waals surface area contributed by atoms with Crippen molar-refractivity contribution in [2.75, 3.05) is 37.6 Å². The molecular weight excluding hydrogens is 452 g/mol. The van der Waals surface area contributed by atoms with Crippen molar-refractivity contribution in [2.24, 2.45) is 0 Å². The molecule has 1 aliphatic heterocycles. The maximum absolute atomic E-state index is 14.0. The molecule has 0 bridgehead atoms. The fourth-order valence-corrected chi connectivity index (χ4v) is 4.09. The summed E-state index contributed by atoms with van der Waals surface area (Å²) in [4.78, 5) is 26.3. The minimum absolute atomic E-state index is 0. The van der Waals surface area contributed by atoms with Gasteiger partial charge in [0, 0.05) is 50.9 Å². The summed E-state index contributed by atoms with van der Waals surface area (Å²) < 4.78 is 15.7. The van der Waals surface area contributed by atoms with Crippen LogP contribution in [-0.2, 0) is 6.54 Å². The van der Waals surface area contributed by atoms with Crippen molar-refractivity contribution in [1.82, 2.24) is 19.4 Å². The molecule has 6 nitrogen and oxygen atoms in total. The first kappa shape index (κ1) is 23.9. The molecule has 0 aliphatic carbocycles. The van der Waals surface area contributed by atoms with E-state index in [0.717, 1.165) is 43.6 Å². The number of nitrogens with zero attached hydrogens (tertiary/aromatic N) is 5. The Morgan fingerprint density at radius 2 is 1.56 bits per heavy atom. The van der Waals surface area contributed by atoms with E-state index in [0.29, 0.717) is 23.1 Å². The van der Waals surface area contributed by atoms with E-state index in [1.54, 1.807) is 23.2 Å². The van der Waals surface area contributed by atoms with Gasteiger partial charge in [0.2, 0.25) is 0 Å². The first-order valence-electron chi connectivity index (χ1n) is 10.2. The number of para-hydroxylation sites is 2. The van der Waals surface area contributed by atoms with Gasteiger partial charge >= 0.3 is 0 Å². The summed E-state index contributed by atoms with van der Waals surface area (Å²) in [6, 6.07) is 14.6. The highest BCUT2D eigenvalue weighted by molar-refractivity contribution is 6.02. The topological polar surface area (TPSA) is 54.3 Å². The number of aromatic nitrogens is 3. The molecule has 2 aromatic heterocycles. The van der Waals surface area contributed by atoms with Crippen LogP contribution in [0, 0.1) is 5.82 Å². The molecule has 0 amide bonds. The Kier molecular flexibility index (Phi) is 7.66. The Labute approximate surface area is 197 Å². The number of halogens is 3. The van der Waals surface area contributed by atoms with E-state index < -0.39 is 0 Å². The van der Waals surface area contributed by atoms with Gasteiger partial charge in [0.1, 0.15) is 5.82 Å². The zero-order valence-electron chi connectivity index (χ0n) is 17.4. The quantitative estimate of drug-likeness (QED) is 0.420. The van der Waals surface area contributed by atoms with Crippen molar-refractivity contribution in [3.05, 3.63) is 77.2 Å². The summed E-state index contributed by atoms with van der Waals surface area (Å²) in [6.45, 7) is 4.50. The second kappa shape index (κ2) is 10.3. The van der Waals surface area contributed by atoms with Crippen molar-refractivity contribution < 1.29 is 4.39 Å². The summed E-state index contributed by atoms with van der Waals surface area (Å²) >= 11 is 0. The Morgan fingerprint density at radius 3 is 2.34 bits per heavy atom. The lowest BCUT2D eigenvalue weighted by Crippen LogP contribution is -2.47. The van der Waals surface area contributed by atoms with Gasteiger partial charge in [0.15, 0.2) is 0 Å². The standard InChI is InChI=1S/C23H22FN5O.2ClH/c24-19-6-2-4-8-21(19)28-12-9-27(10-13-28)11-14-29-16-26-22-17-5-1-3-7-20(17)25-15-18(22)23(29)30;;/h1-8,15-16H,9-14H2;2*1H. The predicted octanol–water partition coefficient (Wildman–Crippen LogP) is 3.75. The molecule has 4 aromatic rings. The second-order valence-corrected chi connectivity index (χ2v) is 7.56. The molecule has 5 rings (SSSR count). The molecule has 3 heterocycles. The summed E-state index contributed by atoms with van der Waals surface area (Å²) in [5.74, 6) is -0.180. The molecule has 0 N–H and O–H groups in total. The van der Waals surface area contributed by atoms with Crippen LogP contribution in [0.4, 0.5) is 10.1 Å². The number of hydrogen-bond acceptors (Lipinski definition) is 5. The second-order valence-electron chi connectivity index (χ2n) is 7.56. The fraction of sp³-hybridized carbons (Fsp3) is 0.261. The van der Waals surface area contributed by atoms with Crippen LogP contribution in [0.15, 0.2) is 65.8 Å². The zero-order valence-corrected chi connectivity index (χ0v) is 19.0. The number of anilines is 1. The molecule has 1 aliphatic rings. The SMILES string of the molecule is Cl.Cl.O=c1c2cnc3ccccc3c2ncn1CCN1CCN(c2ccccc2F)CC1. The summed E-state index contributed by atoms with van der Waals surface area (Å²) in [6.07, 6.45) is 3.25. The summed E-state index contributed by atoms with van der Waals surface area (Å²) in [7, 11) is 0. The Hall–Kier alpha value is -2.74. The predicted molar refractivity (Wildman–Crippen MR) is 131 cm³/mol. The Bertz CT molecular complexity index is 1270. The Balaban J connectivity index is 0.00000144. The van der Waals surface area contributed by atoms with Crippen molar-refractivity contribution in [2.45, 2.75) is 6.54 Å². The van der Waals surface area contributed by atoms with Crippen LogP contribution in [0.25, 0.3) is 21.8 Å². The first-order chi connectivity index (χ1) is 14.7. The molecule has 0 saturated carbocycles. The van der Waals surface area contributed by atoms with E-state index in [2.05, 4.69) is 19.8 Å².